The van der Waals surface area contributed by atoms with Crippen molar-refractivity contribution < 1.29 is 21.6 Å². The van der Waals surface area contributed by atoms with Crippen LogP contribution in [0.15, 0.2) is 41.6 Å². The Kier molecular flexibility index (Phi) is 4.50. The first kappa shape index (κ1) is 19.9. The fraction of sp³-hybridized carbons (Fsp3) is 0.222. The molecule has 0 unspecified atom stereocenters. The third-order valence-corrected chi connectivity index (χ3v) is 7.42. The smallest absolute Gasteiger partial charge is 0.312 e. The summed E-state index contributed by atoms with van der Waals surface area (Å²) in [6, 6.07) is 7.91. The summed E-state index contributed by atoms with van der Waals surface area (Å²) in [6.07, 6.45) is -3.81. The molecule has 0 aliphatic heterocycles. The van der Waals surface area contributed by atoms with Crippen LogP contribution >= 0.6 is 16.1 Å². The highest BCUT2D eigenvalue weighted by Crippen LogP contribution is 2.40. The van der Waals surface area contributed by atoms with Crippen LogP contribution in [0.1, 0.15) is 12.5 Å². The molecule has 11 heteroatoms. The van der Waals surface area contributed by atoms with Gasteiger partial charge in [-0.05, 0) is 12.1 Å². The van der Waals surface area contributed by atoms with E-state index in [0.717, 1.165) is 12.3 Å². The molecule has 0 saturated heterocycles. The first-order valence-corrected chi connectivity index (χ1v) is 10.8. The van der Waals surface area contributed by atoms with Crippen molar-refractivity contribution in [2.75, 3.05) is 5.75 Å². The summed E-state index contributed by atoms with van der Waals surface area (Å²) in [5.74, 6) is 0.0655. The zero-order valence-electron chi connectivity index (χ0n) is 15.2. The molecule has 0 fully saturated rings. The number of hydrogen-bond acceptors (Lipinski definition) is 4. The lowest BCUT2D eigenvalue weighted by molar-refractivity contribution is -0.137. The molecule has 0 N–H and O–H groups in total. The van der Waals surface area contributed by atoms with Crippen LogP contribution in [0.2, 0.25) is 0 Å². The highest BCUT2D eigenvalue weighted by atomic mass is 79.9. The average molecular weight is 487 g/mol. The van der Waals surface area contributed by atoms with Gasteiger partial charge in [-0.3, -0.25) is 3.59 Å². The highest BCUT2D eigenvalue weighted by molar-refractivity contribution is 9.08. The van der Waals surface area contributed by atoms with Crippen molar-refractivity contribution in [2.24, 2.45) is 7.05 Å². The maximum atomic E-state index is 13.1. The second kappa shape index (κ2) is 6.56. The number of alkyl halides is 3. The molecule has 0 saturated carbocycles. The van der Waals surface area contributed by atoms with Gasteiger partial charge in [0.2, 0.25) is 0 Å². The zero-order valence-corrected chi connectivity index (χ0v) is 17.6. The van der Waals surface area contributed by atoms with Gasteiger partial charge in [0.25, 0.3) is 0 Å². The largest absolute Gasteiger partial charge is 0.417 e. The molecule has 6 nitrogen and oxygen atoms in total. The fourth-order valence-corrected chi connectivity index (χ4v) is 5.54. The monoisotopic (exact) mass is 486 g/mol. The van der Waals surface area contributed by atoms with E-state index in [4.69, 9.17) is 0 Å². The molecule has 0 amide bonds. The molecule has 3 heterocycles. The van der Waals surface area contributed by atoms with Gasteiger partial charge in [0.05, 0.1) is 38.5 Å². The van der Waals surface area contributed by atoms with E-state index >= 15 is 0 Å². The van der Waals surface area contributed by atoms with Crippen molar-refractivity contribution in [3.05, 3.63) is 42.1 Å². The molecule has 152 valence electrons. The summed E-state index contributed by atoms with van der Waals surface area (Å²) >= 11 is 3.32. The number of nitrogens with zero attached hydrogens (tertiary/aromatic N) is 4. The van der Waals surface area contributed by atoms with Crippen molar-refractivity contribution in [3.63, 3.8) is 0 Å². The van der Waals surface area contributed by atoms with E-state index in [2.05, 4.69) is 26.1 Å². The van der Waals surface area contributed by atoms with Crippen LogP contribution in [0.25, 0.3) is 33.5 Å². The molecule has 0 radical (unpaired) electrons. The third-order valence-electron chi connectivity index (χ3n) is 4.71. The van der Waals surface area contributed by atoms with Gasteiger partial charge in [-0.1, -0.05) is 25.1 Å². The van der Waals surface area contributed by atoms with Gasteiger partial charge in [0, 0.05) is 18.6 Å². The second-order valence-electron chi connectivity index (χ2n) is 6.44. The number of benzene rings is 1. The number of pyridine rings is 1. The maximum absolute atomic E-state index is 13.1. The molecular formula is C18H14BrF3N4O2S. The van der Waals surface area contributed by atoms with Gasteiger partial charge in [-0.2, -0.15) is 13.2 Å². The molecule has 4 aromatic rings. The van der Waals surface area contributed by atoms with Crippen molar-refractivity contribution in [3.8, 4) is 11.4 Å². The van der Waals surface area contributed by atoms with Crippen LogP contribution in [-0.4, -0.2) is 32.3 Å². The Hall–Kier alpha value is -2.40. The van der Waals surface area contributed by atoms with Crippen LogP contribution in [0.5, 0.6) is 0 Å². The molecule has 0 atom stereocenters. The first-order chi connectivity index (χ1) is 13.6. The molecule has 4 rings (SSSR count). The van der Waals surface area contributed by atoms with Gasteiger partial charge in [0.1, 0.15) is 11.3 Å². The quantitative estimate of drug-likeness (QED) is 0.425. The second-order valence-corrected chi connectivity index (χ2v) is 9.34. The number of sulfone groups is 1. The number of para-hydroxylation sites is 1. The number of fused-ring (bicyclic) bond motifs is 2. The Morgan fingerprint density at radius 3 is 2.55 bits per heavy atom. The average Bonchev–Trinajstić information content (AvgIpc) is 3.16. The Bertz CT molecular complexity index is 1370. The predicted molar refractivity (Wildman–Crippen MR) is 106 cm³/mol. The Balaban J connectivity index is 2.11. The highest BCUT2D eigenvalue weighted by Gasteiger charge is 2.33. The molecule has 3 aromatic heterocycles. The van der Waals surface area contributed by atoms with Gasteiger partial charge in [-0.15, -0.1) is 0 Å². The summed E-state index contributed by atoms with van der Waals surface area (Å²) in [7, 11) is -2.10. The van der Waals surface area contributed by atoms with Crippen molar-refractivity contribution in [2.45, 2.75) is 18.1 Å². The summed E-state index contributed by atoms with van der Waals surface area (Å²) in [6.45, 7) is 1.52. The van der Waals surface area contributed by atoms with E-state index in [1.165, 1.54) is 15.1 Å². The lowest BCUT2D eigenvalue weighted by Gasteiger charge is -2.07. The van der Waals surface area contributed by atoms with Crippen molar-refractivity contribution in [1.29, 1.82) is 0 Å². The summed E-state index contributed by atoms with van der Waals surface area (Å²) in [5.41, 5.74) is 0.251. The molecular weight excluding hydrogens is 473 g/mol. The van der Waals surface area contributed by atoms with Crippen molar-refractivity contribution in [1.82, 2.24) is 18.1 Å². The standard InChI is InChI=1S/C18H14BrF3N4O2S/c1-3-29(27,28)17-14(11-6-4-5-7-13(11)26(17)19)16-24-12-8-10(18(20,21)22)9-23-15(12)25(16)2/h4-9H,3H2,1-2H3. The number of hydrogen-bond donors (Lipinski definition) is 0. The predicted octanol–water partition coefficient (Wildman–Crippen LogP) is 4.56. The molecule has 0 bridgehead atoms. The van der Waals surface area contributed by atoms with E-state index in [1.54, 1.807) is 31.3 Å². The van der Waals surface area contributed by atoms with Crippen LogP contribution in [-0.2, 0) is 23.1 Å². The van der Waals surface area contributed by atoms with E-state index in [-0.39, 0.29) is 27.8 Å². The minimum absolute atomic E-state index is 0.00403. The SMILES string of the molecule is CCS(=O)(=O)c1c(-c2nc3cc(C(F)(F)F)cnc3n2C)c2ccccc2n1Br. The van der Waals surface area contributed by atoms with Crippen LogP contribution in [0.3, 0.4) is 0 Å². The number of halogens is 4. The minimum atomic E-state index is -4.55. The number of imidazole rings is 1. The lowest BCUT2D eigenvalue weighted by atomic mass is 10.1. The zero-order chi connectivity index (χ0) is 21.1. The summed E-state index contributed by atoms with van der Waals surface area (Å²) in [5, 5.41) is 0.599. The Morgan fingerprint density at radius 2 is 1.90 bits per heavy atom. The van der Waals surface area contributed by atoms with Crippen LogP contribution < -0.4 is 0 Å². The third kappa shape index (κ3) is 3.03. The Morgan fingerprint density at radius 1 is 1.21 bits per heavy atom. The van der Waals surface area contributed by atoms with E-state index in [0.29, 0.717) is 16.5 Å². The number of rotatable bonds is 3. The topological polar surface area (TPSA) is 69.8 Å². The summed E-state index contributed by atoms with van der Waals surface area (Å²) in [4.78, 5) is 8.24. The summed E-state index contributed by atoms with van der Waals surface area (Å²) < 4.78 is 67.8. The van der Waals surface area contributed by atoms with Gasteiger partial charge in [-0.25, -0.2) is 18.4 Å². The van der Waals surface area contributed by atoms with E-state index < -0.39 is 21.6 Å². The van der Waals surface area contributed by atoms with E-state index in [1.807, 2.05) is 0 Å². The molecule has 1 aromatic carbocycles. The van der Waals surface area contributed by atoms with Gasteiger partial charge >= 0.3 is 6.18 Å². The normalized spacial score (nSPS) is 12.9. The number of aromatic nitrogens is 4. The van der Waals surface area contributed by atoms with E-state index in [9.17, 15) is 21.6 Å². The molecule has 29 heavy (non-hydrogen) atoms. The van der Waals surface area contributed by atoms with Gasteiger partial charge < -0.3 is 4.57 Å². The fourth-order valence-electron chi connectivity index (χ4n) is 3.26. The number of aryl methyl sites for hydroxylation is 1. The molecule has 0 aliphatic carbocycles. The van der Waals surface area contributed by atoms with Crippen LogP contribution in [0, 0.1) is 0 Å². The Labute approximate surface area is 172 Å². The van der Waals surface area contributed by atoms with Crippen molar-refractivity contribution >= 4 is 48.1 Å². The van der Waals surface area contributed by atoms with Crippen LogP contribution in [0.4, 0.5) is 13.2 Å². The minimum Gasteiger partial charge on any atom is -0.312 e. The first-order valence-electron chi connectivity index (χ1n) is 8.48. The van der Waals surface area contributed by atoms with Gasteiger partial charge in [0.15, 0.2) is 20.5 Å². The lowest BCUT2D eigenvalue weighted by Crippen LogP contribution is -2.09. The molecule has 0 aliphatic rings. The maximum Gasteiger partial charge on any atom is 0.417 e. The molecule has 0 spiro atoms.